The van der Waals surface area contributed by atoms with Gasteiger partial charge >= 0.3 is 0 Å². The summed E-state index contributed by atoms with van der Waals surface area (Å²) in [6.07, 6.45) is 1.62. The molecule has 1 aromatic carbocycles. The second kappa shape index (κ2) is 4.16. The molecule has 1 unspecified atom stereocenters. The van der Waals surface area contributed by atoms with Crippen LogP contribution in [0.15, 0.2) is 24.4 Å². The van der Waals surface area contributed by atoms with Gasteiger partial charge in [-0.15, -0.1) is 0 Å². The Bertz CT molecular complexity index is 549. The summed E-state index contributed by atoms with van der Waals surface area (Å²) < 4.78 is 27.9. The van der Waals surface area contributed by atoms with Crippen LogP contribution in [0.5, 0.6) is 0 Å². The fourth-order valence-electron chi connectivity index (χ4n) is 1.74. The van der Waals surface area contributed by atoms with Crippen LogP contribution in [0.25, 0.3) is 0 Å². The number of aryl methyl sites for hydroxylation is 1. The van der Waals surface area contributed by atoms with Gasteiger partial charge in [-0.3, -0.25) is 0 Å². The minimum atomic E-state index is -0.594. The molecular formula is C12H13F2N3. The number of hydrogen-bond acceptors (Lipinski definition) is 2. The maximum atomic E-state index is 13.6. The van der Waals surface area contributed by atoms with Crippen LogP contribution in [0.3, 0.4) is 0 Å². The number of anilines is 1. The van der Waals surface area contributed by atoms with Gasteiger partial charge < -0.3 is 5.73 Å². The van der Waals surface area contributed by atoms with Crippen molar-refractivity contribution in [2.24, 2.45) is 0 Å². The first-order valence-corrected chi connectivity index (χ1v) is 5.25. The lowest BCUT2D eigenvalue weighted by molar-refractivity contribution is 0.516. The number of nitrogen functional groups attached to an aromatic ring is 1. The Morgan fingerprint density at radius 2 is 2.06 bits per heavy atom. The molecule has 90 valence electrons. The molecule has 0 aliphatic carbocycles. The van der Waals surface area contributed by atoms with E-state index in [0.29, 0.717) is 11.4 Å². The number of aromatic nitrogens is 2. The third-order valence-corrected chi connectivity index (χ3v) is 2.81. The van der Waals surface area contributed by atoms with Gasteiger partial charge in [-0.25, -0.2) is 13.5 Å². The molecule has 0 fully saturated rings. The molecule has 0 saturated heterocycles. The summed E-state index contributed by atoms with van der Waals surface area (Å²) in [7, 11) is 0. The molecule has 1 aromatic heterocycles. The molecule has 2 aromatic rings. The minimum Gasteiger partial charge on any atom is -0.384 e. The topological polar surface area (TPSA) is 43.8 Å². The number of halogens is 2. The lowest BCUT2D eigenvalue weighted by atomic mass is 10.1. The second-order valence-electron chi connectivity index (χ2n) is 4.00. The summed E-state index contributed by atoms with van der Waals surface area (Å²) in [5.41, 5.74) is 7.02. The predicted octanol–water partition coefficient (Wildman–Crippen LogP) is 2.66. The van der Waals surface area contributed by atoms with Gasteiger partial charge in [0.15, 0.2) is 0 Å². The highest BCUT2D eigenvalue weighted by atomic mass is 19.1. The van der Waals surface area contributed by atoms with Crippen LogP contribution in [0, 0.1) is 18.6 Å². The van der Waals surface area contributed by atoms with E-state index in [1.54, 1.807) is 13.1 Å². The van der Waals surface area contributed by atoms with Gasteiger partial charge in [0.1, 0.15) is 17.5 Å². The third kappa shape index (κ3) is 2.00. The van der Waals surface area contributed by atoms with Crippen LogP contribution in [-0.2, 0) is 0 Å². The van der Waals surface area contributed by atoms with Gasteiger partial charge in [-0.05, 0) is 19.9 Å². The maximum Gasteiger partial charge on any atom is 0.131 e. The molecule has 0 spiro atoms. The molecule has 1 atom stereocenters. The van der Waals surface area contributed by atoms with Crippen LogP contribution in [0.1, 0.15) is 24.1 Å². The molecule has 0 saturated carbocycles. The lowest BCUT2D eigenvalue weighted by Gasteiger charge is -2.15. The zero-order valence-corrected chi connectivity index (χ0v) is 9.61. The summed E-state index contributed by atoms with van der Waals surface area (Å²) in [6, 6.07) is 3.12. The quantitative estimate of drug-likeness (QED) is 0.872. The van der Waals surface area contributed by atoms with Gasteiger partial charge in [0, 0.05) is 17.2 Å². The predicted molar refractivity (Wildman–Crippen MR) is 61.5 cm³/mol. The molecular weight excluding hydrogens is 224 g/mol. The van der Waals surface area contributed by atoms with Crippen molar-refractivity contribution in [2.75, 3.05) is 5.73 Å². The Hall–Kier alpha value is -1.91. The number of rotatable bonds is 2. The standard InChI is InChI=1S/C12H13F2N3/c1-7-6-16-17(12(7)15)8(2)10-4-3-9(13)5-11(10)14/h3-6,8H,15H2,1-2H3. The van der Waals surface area contributed by atoms with E-state index in [-0.39, 0.29) is 6.04 Å². The van der Waals surface area contributed by atoms with Gasteiger partial charge in [0.05, 0.1) is 12.2 Å². The zero-order valence-electron chi connectivity index (χ0n) is 9.61. The number of hydrogen-bond donors (Lipinski definition) is 1. The number of nitrogens with two attached hydrogens (primary N) is 1. The van der Waals surface area contributed by atoms with Gasteiger partial charge in [0.25, 0.3) is 0 Å². The van der Waals surface area contributed by atoms with Crippen molar-refractivity contribution in [1.82, 2.24) is 9.78 Å². The maximum absolute atomic E-state index is 13.6. The molecule has 2 N–H and O–H groups in total. The largest absolute Gasteiger partial charge is 0.384 e. The molecule has 0 amide bonds. The Morgan fingerprint density at radius 1 is 1.35 bits per heavy atom. The number of benzene rings is 1. The van der Waals surface area contributed by atoms with Crippen molar-refractivity contribution < 1.29 is 8.78 Å². The number of nitrogens with zero attached hydrogens (tertiary/aromatic N) is 2. The summed E-state index contributed by atoms with van der Waals surface area (Å²) >= 11 is 0. The van der Waals surface area contributed by atoms with Crippen LogP contribution in [0.2, 0.25) is 0 Å². The van der Waals surface area contributed by atoms with Crippen molar-refractivity contribution in [1.29, 1.82) is 0 Å². The molecule has 0 aliphatic rings. The Morgan fingerprint density at radius 3 is 2.59 bits per heavy atom. The Labute approximate surface area is 97.9 Å². The lowest BCUT2D eigenvalue weighted by Crippen LogP contribution is -2.13. The zero-order chi connectivity index (χ0) is 12.6. The smallest absolute Gasteiger partial charge is 0.131 e. The summed E-state index contributed by atoms with van der Waals surface area (Å²) in [5.74, 6) is -0.700. The van der Waals surface area contributed by atoms with E-state index < -0.39 is 11.6 Å². The normalized spacial score (nSPS) is 12.7. The summed E-state index contributed by atoms with van der Waals surface area (Å²) in [6.45, 7) is 3.59. The highest BCUT2D eigenvalue weighted by Crippen LogP contribution is 2.24. The van der Waals surface area contributed by atoms with Crippen molar-refractivity contribution in [3.05, 3.63) is 47.2 Å². The third-order valence-electron chi connectivity index (χ3n) is 2.81. The molecule has 5 heteroatoms. The van der Waals surface area contributed by atoms with Crippen LogP contribution >= 0.6 is 0 Å². The van der Waals surface area contributed by atoms with Crippen molar-refractivity contribution in [3.63, 3.8) is 0 Å². The first-order valence-electron chi connectivity index (χ1n) is 5.25. The highest BCUT2D eigenvalue weighted by molar-refractivity contribution is 5.39. The van der Waals surface area contributed by atoms with E-state index in [2.05, 4.69) is 5.10 Å². The molecule has 0 bridgehead atoms. The van der Waals surface area contributed by atoms with Crippen molar-refractivity contribution >= 4 is 5.82 Å². The van der Waals surface area contributed by atoms with E-state index in [1.807, 2.05) is 6.92 Å². The molecule has 2 rings (SSSR count). The minimum absolute atomic E-state index is 0.362. The van der Waals surface area contributed by atoms with E-state index in [9.17, 15) is 8.78 Å². The molecule has 17 heavy (non-hydrogen) atoms. The van der Waals surface area contributed by atoms with Crippen LogP contribution < -0.4 is 5.73 Å². The monoisotopic (exact) mass is 237 g/mol. The average molecular weight is 237 g/mol. The summed E-state index contributed by atoms with van der Waals surface area (Å²) in [4.78, 5) is 0. The van der Waals surface area contributed by atoms with Crippen molar-refractivity contribution in [2.45, 2.75) is 19.9 Å². The Kier molecular flexibility index (Phi) is 2.83. The van der Waals surface area contributed by atoms with Crippen LogP contribution in [0.4, 0.5) is 14.6 Å². The molecule has 0 aliphatic heterocycles. The van der Waals surface area contributed by atoms with E-state index in [1.165, 1.54) is 16.8 Å². The highest BCUT2D eigenvalue weighted by Gasteiger charge is 2.16. The SMILES string of the molecule is Cc1cnn(C(C)c2ccc(F)cc2F)c1N. The first kappa shape index (κ1) is 11.6. The Balaban J connectivity index is 2.43. The van der Waals surface area contributed by atoms with Gasteiger partial charge in [0.2, 0.25) is 0 Å². The second-order valence-corrected chi connectivity index (χ2v) is 4.00. The molecule has 1 heterocycles. The first-order chi connectivity index (χ1) is 8.00. The van der Waals surface area contributed by atoms with Crippen LogP contribution in [-0.4, -0.2) is 9.78 Å². The van der Waals surface area contributed by atoms with Gasteiger partial charge in [-0.2, -0.15) is 5.10 Å². The fourth-order valence-corrected chi connectivity index (χ4v) is 1.74. The van der Waals surface area contributed by atoms with E-state index >= 15 is 0 Å². The average Bonchev–Trinajstić information content (AvgIpc) is 2.59. The summed E-state index contributed by atoms with van der Waals surface area (Å²) in [5, 5.41) is 4.09. The van der Waals surface area contributed by atoms with Gasteiger partial charge in [-0.1, -0.05) is 6.07 Å². The van der Waals surface area contributed by atoms with E-state index in [0.717, 1.165) is 11.6 Å². The van der Waals surface area contributed by atoms with E-state index in [4.69, 9.17) is 5.73 Å². The fraction of sp³-hybridized carbons (Fsp3) is 0.250. The van der Waals surface area contributed by atoms with Crippen molar-refractivity contribution in [3.8, 4) is 0 Å². The molecule has 0 radical (unpaired) electrons. The molecule has 3 nitrogen and oxygen atoms in total.